The third-order valence-corrected chi connectivity index (χ3v) is 0.420. The fourth-order valence-electron chi connectivity index (χ4n) is 0. The second kappa shape index (κ2) is 2.54. The molecule has 0 aromatic rings. The van der Waals surface area contributed by atoms with Crippen molar-refractivity contribution in [2.75, 3.05) is 0 Å². The average molecular weight is 197 g/mol. The fourth-order valence-corrected chi connectivity index (χ4v) is 0. The zero-order valence-corrected chi connectivity index (χ0v) is 5.21. The molecule has 0 aromatic carbocycles. The highest BCUT2D eigenvalue weighted by molar-refractivity contribution is 14.1. The maximum absolute atomic E-state index is 7.74. The van der Waals surface area contributed by atoms with Crippen molar-refractivity contribution in [3.8, 4) is 6.07 Å². The maximum Gasteiger partial charge on any atom is 0.153 e. The summed E-state index contributed by atoms with van der Waals surface area (Å²) in [6.07, 6.45) is 0. The predicted molar refractivity (Wildman–Crippen MR) is 32.2 cm³/mol. The van der Waals surface area contributed by atoms with Crippen molar-refractivity contribution in [1.82, 2.24) is 0 Å². The molecule has 0 rings (SSSR count). The molecule has 0 saturated heterocycles. The van der Waals surface area contributed by atoms with E-state index in [9.17, 15) is 0 Å². The Kier molecular flexibility index (Phi) is 2.70. The molecule has 26 valence electrons. The van der Waals surface area contributed by atoms with Gasteiger partial charge in [-0.15, -0.1) is 0 Å². The van der Waals surface area contributed by atoms with Crippen LogP contribution in [0.15, 0.2) is 0 Å². The Labute approximate surface area is 49.1 Å². The molecule has 0 aliphatic carbocycles. The summed E-state index contributed by atoms with van der Waals surface area (Å²) in [5, 5.41) is 7.74. The third kappa shape index (κ3) is 4.31. The minimum Gasteiger partial charge on any atom is -0.191 e. The summed E-state index contributed by atoms with van der Waals surface area (Å²) in [4.78, 5) is 0. The Morgan fingerprint density at radius 3 is 2.20 bits per heavy atom. The number of nitriles is 1. The average Bonchev–Trinajstić information content (AvgIpc) is 1.38. The third-order valence-electron chi connectivity index (χ3n) is 0.0879. The van der Waals surface area contributed by atoms with E-state index in [1.54, 1.807) is 28.7 Å². The van der Waals surface area contributed by atoms with Gasteiger partial charge in [0.25, 0.3) is 0 Å². The summed E-state index contributed by atoms with van der Waals surface area (Å²) in [7, 11) is 0. The van der Waals surface area contributed by atoms with Gasteiger partial charge in [-0.3, -0.25) is 0 Å². The Morgan fingerprint density at radius 2 is 2.20 bits per heavy atom. The first-order valence-electron chi connectivity index (χ1n) is 0.867. The number of halogens is 1. The molecule has 0 aromatic heterocycles. The Hall–Kier alpha value is 0.310. The van der Waals surface area contributed by atoms with E-state index in [1.165, 1.54) is 0 Å². The topological polar surface area (TPSA) is 23.8 Å². The first-order chi connectivity index (χ1) is 2.27. The summed E-state index contributed by atoms with van der Waals surface area (Å²) < 4.78 is 0.364. The van der Waals surface area contributed by atoms with E-state index in [0.29, 0.717) is 2.87 Å². The molecule has 1 nitrogen and oxygen atoms in total. The van der Waals surface area contributed by atoms with Crippen LogP contribution in [0.25, 0.3) is 0 Å². The monoisotopic (exact) mass is 197 g/mol. The summed E-state index contributed by atoms with van der Waals surface area (Å²) in [5.74, 6) is 0. The lowest BCUT2D eigenvalue weighted by Crippen LogP contribution is -1.61. The van der Waals surface area contributed by atoms with Gasteiger partial charge in [-0.25, -0.2) is 0 Å². The van der Waals surface area contributed by atoms with Crippen LogP contribution >= 0.6 is 34.8 Å². The van der Waals surface area contributed by atoms with Crippen LogP contribution < -0.4 is 0 Å². The number of hydrogen-bond acceptors (Lipinski definition) is 2. The van der Waals surface area contributed by atoms with Crippen molar-refractivity contribution in [1.29, 1.82) is 5.26 Å². The maximum atomic E-state index is 7.74. The zero-order valence-electron chi connectivity index (χ0n) is 2.23. The van der Waals surface area contributed by atoms with Gasteiger partial charge in [0.05, 0.1) is 0 Å². The second-order valence-electron chi connectivity index (χ2n) is 0.386. The summed E-state index contributed by atoms with van der Waals surface area (Å²) >= 11 is 6.10. The van der Waals surface area contributed by atoms with Gasteiger partial charge in [0.15, 0.2) is 2.87 Å². The van der Waals surface area contributed by atoms with Crippen molar-refractivity contribution >= 4 is 37.7 Å². The summed E-state index contributed by atoms with van der Waals surface area (Å²) in [6, 6.07) is 1.75. The lowest BCUT2D eigenvalue weighted by molar-refractivity contribution is 1.56. The van der Waals surface area contributed by atoms with Crippen molar-refractivity contribution in [2.24, 2.45) is 0 Å². The van der Waals surface area contributed by atoms with E-state index >= 15 is 0 Å². The minimum atomic E-state index is 0.364. The van der Waals surface area contributed by atoms with Gasteiger partial charge in [-0.1, -0.05) is 12.2 Å². The Bertz CT molecular complexity index is 82.1. The first kappa shape index (κ1) is 5.31. The number of nitrogens with zero attached hydrogens (tertiary/aromatic N) is 1. The molecular formula is C2INS. The SMILES string of the molecule is N#CC(=S)I. The van der Waals surface area contributed by atoms with E-state index in [-0.39, 0.29) is 0 Å². The van der Waals surface area contributed by atoms with Crippen LogP contribution in [-0.2, 0) is 0 Å². The molecule has 5 heavy (non-hydrogen) atoms. The van der Waals surface area contributed by atoms with Crippen LogP contribution in [0.4, 0.5) is 0 Å². The molecule has 0 bridgehead atoms. The fraction of sp³-hybridized carbons (Fsp3) is 0. The van der Waals surface area contributed by atoms with E-state index in [2.05, 4.69) is 12.2 Å². The van der Waals surface area contributed by atoms with Gasteiger partial charge in [0.2, 0.25) is 0 Å². The predicted octanol–water partition coefficient (Wildman–Crippen LogP) is 1.27. The lowest BCUT2D eigenvalue weighted by atomic mass is 10.9. The van der Waals surface area contributed by atoms with Gasteiger partial charge in [-0.05, 0) is 22.6 Å². The van der Waals surface area contributed by atoms with E-state index in [0.717, 1.165) is 0 Å². The van der Waals surface area contributed by atoms with Crippen LogP contribution in [0.5, 0.6) is 0 Å². The number of thiocarbonyl (C=S) groups is 1. The highest BCUT2D eigenvalue weighted by Crippen LogP contribution is 1.83. The zero-order chi connectivity index (χ0) is 4.28. The molecule has 3 heteroatoms. The number of rotatable bonds is 0. The molecular weight excluding hydrogens is 197 g/mol. The Balaban J connectivity index is 3.35. The molecule has 0 aliphatic rings. The van der Waals surface area contributed by atoms with Crippen molar-refractivity contribution < 1.29 is 0 Å². The van der Waals surface area contributed by atoms with Gasteiger partial charge >= 0.3 is 0 Å². The molecule has 0 aliphatic heterocycles. The normalized spacial score (nSPS) is 5.60. The molecule has 0 unspecified atom stereocenters. The molecule has 0 spiro atoms. The highest BCUT2D eigenvalue weighted by Gasteiger charge is 1.72. The van der Waals surface area contributed by atoms with Gasteiger partial charge < -0.3 is 0 Å². The van der Waals surface area contributed by atoms with Gasteiger partial charge in [-0.2, -0.15) is 5.26 Å². The van der Waals surface area contributed by atoms with Crippen molar-refractivity contribution in [2.45, 2.75) is 0 Å². The van der Waals surface area contributed by atoms with Crippen LogP contribution in [0.1, 0.15) is 0 Å². The quantitative estimate of drug-likeness (QED) is 0.331. The number of hydrogen-bond donors (Lipinski definition) is 0. The minimum absolute atomic E-state index is 0.364. The molecule has 0 atom stereocenters. The molecule has 0 N–H and O–H groups in total. The van der Waals surface area contributed by atoms with Gasteiger partial charge in [0.1, 0.15) is 6.07 Å². The summed E-state index contributed by atoms with van der Waals surface area (Å²) in [5.41, 5.74) is 0. The van der Waals surface area contributed by atoms with E-state index < -0.39 is 0 Å². The van der Waals surface area contributed by atoms with Crippen LogP contribution in [0, 0.1) is 11.3 Å². The highest BCUT2D eigenvalue weighted by atomic mass is 127. The largest absolute Gasteiger partial charge is 0.191 e. The van der Waals surface area contributed by atoms with E-state index in [1.807, 2.05) is 0 Å². The first-order valence-corrected chi connectivity index (χ1v) is 2.35. The van der Waals surface area contributed by atoms with Crippen LogP contribution in [0.3, 0.4) is 0 Å². The van der Waals surface area contributed by atoms with Crippen LogP contribution in [-0.4, -0.2) is 2.87 Å². The Morgan fingerprint density at radius 1 is 2.00 bits per heavy atom. The second-order valence-corrected chi connectivity index (χ2v) is 2.60. The lowest BCUT2D eigenvalue weighted by Gasteiger charge is -1.54. The standard InChI is InChI=1S/C2INS/c3-2(5)1-4. The molecule has 0 saturated carbocycles. The van der Waals surface area contributed by atoms with Gasteiger partial charge in [0, 0.05) is 0 Å². The molecule has 0 amide bonds. The molecule has 0 heterocycles. The molecule has 0 fully saturated rings. The van der Waals surface area contributed by atoms with Crippen molar-refractivity contribution in [3.63, 3.8) is 0 Å². The van der Waals surface area contributed by atoms with E-state index in [4.69, 9.17) is 5.26 Å². The van der Waals surface area contributed by atoms with Crippen LogP contribution in [0.2, 0.25) is 0 Å². The smallest absolute Gasteiger partial charge is 0.153 e. The van der Waals surface area contributed by atoms with Crippen molar-refractivity contribution in [3.05, 3.63) is 0 Å². The summed E-state index contributed by atoms with van der Waals surface area (Å²) in [6.45, 7) is 0. The molecule has 0 radical (unpaired) electrons.